The summed E-state index contributed by atoms with van der Waals surface area (Å²) in [5, 5.41) is 0. The number of hydrogen-bond donors (Lipinski definition) is 0. The monoisotopic (exact) mass is 250 g/mol. The zero-order valence-corrected chi connectivity index (χ0v) is 10.6. The molecule has 0 bridgehead atoms. The van der Waals surface area contributed by atoms with Gasteiger partial charge in [-0.15, -0.1) is 0 Å². The van der Waals surface area contributed by atoms with Crippen molar-refractivity contribution in [2.45, 2.75) is 39.0 Å². The zero-order chi connectivity index (χ0) is 13.4. The van der Waals surface area contributed by atoms with Gasteiger partial charge < -0.3 is 10.3 Å². The topological polar surface area (TPSA) is 79.8 Å². The quantitative estimate of drug-likeness (QED) is 0.246. The second-order valence-corrected chi connectivity index (χ2v) is 4.28. The van der Waals surface area contributed by atoms with E-state index in [1.807, 2.05) is 0 Å². The molecular weight excluding hydrogens is 232 g/mol. The molecule has 0 aromatic rings. The molecule has 0 unspecified atom stereocenters. The Morgan fingerprint density at radius 1 is 1.28 bits per heavy atom. The number of allylic oxidation sites excluding steroid dienone is 1. The molecule has 0 aliphatic heterocycles. The van der Waals surface area contributed by atoms with Crippen LogP contribution in [0.1, 0.15) is 39.0 Å². The number of esters is 1. The largest absolute Gasteiger partial charge is 0.457 e. The molecule has 0 radical (unpaired) electrons. The Bertz CT molecular complexity index is 389. The van der Waals surface area contributed by atoms with Crippen molar-refractivity contribution in [1.29, 1.82) is 0 Å². The molecule has 1 rings (SSSR count). The summed E-state index contributed by atoms with van der Waals surface area (Å²) < 4.78 is 4.68. The molecule has 0 heterocycles. The molecule has 98 valence electrons. The van der Waals surface area contributed by atoms with Gasteiger partial charge in [-0.3, -0.25) is 4.79 Å². The fraction of sp³-hybridized carbons (Fsp3) is 0.615. The fourth-order valence-corrected chi connectivity index (χ4v) is 2.03. The zero-order valence-electron chi connectivity index (χ0n) is 10.6. The van der Waals surface area contributed by atoms with E-state index in [0.29, 0.717) is 0 Å². The van der Waals surface area contributed by atoms with Crippen LogP contribution in [-0.2, 0) is 14.3 Å². The van der Waals surface area contributed by atoms with Gasteiger partial charge in [-0.25, -0.2) is 4.79 Å². The van der Waals surface area contributed by atoms with Crippen LogP contribution in [0, 0.1) is 5.92 Å². The molecule has 1 saturated carbocycles. The standard InChI is InChI=1S/C13H18N2O3/c1-2-18-13(17)11(15-14)8-9-12(16)10-6-4-3-5-7-10/h8-10H,2-7H2,1H3/b9-8+. The maximum Gasteiger partial charge on any atom is 0.421 e. The van der Waals surface area contributed by atoms with Gasteiger partial charge in [0.15, 0.2) is 5.78 Å². The van der Waals surface area contributed by atoms with Gasteiger partial charge in [0.05, 0.1) is 6.61 Å². The number of ketones is 1. The molecular formula is C13H18N2O3. The summed E-state index contributed by atoms with van der Waals surface area (Å²) in [6.07, 6.45) is 7.64. The van der Waals surface area contributed by atoms with Gasteiger partial charge >= 0.3 is 11.7 Å². The lowest BCUT2D eigenvalue weighted by Gasteiger charge is -2.18. The first-order valence-corrected chi connectivity index (χ1v) is 6.30. The fourth-order valence-electron chi connectivity index (χ4n) is 2.03. The van der Waals surface area contributed by atoms with Crippen molar-refractivity contribution < 1.29 is 19.1 Å². The first-order valence-electron chi connectivity index (χ1n) is 6.30. The van der Waals surface area contributed by atoms with Crippen LogP contribution in [0.15, 0.2) is 12.2 Å². The average molecular weight is 250 g/mol. The minimum absolute atomic E-state index is 0.0138. The third-order valence-corrected chi connectivity index (χ3v) is 3.01. The number of carbonyl (C=O) groups excluding carboxylic acids is 2. The van der Waals surface area contributed by atoms with E-state index in [1.54, 1.807) is 6.92 Å². The Morgan fingerprint density at radius 2 is 1.94 bits per heavy atom. The predicted molar refractivity (Wildman–Crippen MR) is 66.0 cm³/mol. The molecule has 5 heteroatoms. The number of carbonyl (C=O) groups is 2. The van der Waals surface area contributed by atoms with E-state index in [0.717, 1.165) is 25.7 Å². The first kappa shape index (κ1) is 14.3. The smallest absolute Gasteiger partial charge is 0.421 e. The van der Waals surface area contributed by atoms with E-state index in [-0.39, 0.29) is 24.0 Å². The van der Waals surface area contributed by atoms with Crippen LogP contribution < -0.4 is 0 Å². The number of nitrogens with zero attached hydrogens (tertiary/aromatic N) is 2. The van der Waals surface area contributed by atoms with Gasteiger partial charge in [0, 0.05) is 12.0 Å². The lowest BCUT2D eigenvalue weighted by molar-refractivity contribution is -0.139. The number of hydrogen-bond acceptors (Lipinski definition) is 3. The van der Waals surface area contributed by atoms with Gasteiger partial charge in [0.1, 0.15) is 0 Å². The average Bonchev–Trinajstić information content (AvgIpc) is 2.40. The summed E-state index contributed by atoms with van der Waals surface area (Å²) in [5.41, 5.74) is 8.42. The molecule has 0 N–H and O–H groups in total. The Kier molecular flexibility index (Phi) is 6.01. The van der Waals surface area contributed by atoms with Crippen molar-refractivity contribution in [3.8, 4) is 0 Å². The molecule has 5 nitrogen and oxygen atoms in total. The van der Waals surface area contributed by atoms with Crippen molar-refractivity contribution in [2.24, 2.45) is 5.92 Å². The van der Waals surface area contributed by atoms with Crippen LogP contribution >= 0.6 is 0 Å². The SMILES string of the molecule is CCOC(=O)C(/C=C/C(=O)C1CCCCC1)=[N+]=[N-]. The highest BCUT2D eigenvalue weighted by molar-refractivity contribution is 6.39. The van der Waals surface area contributed by atoms with Crippen LogP contribution in [-0.4, -0.2) is 28.9 Å². The van der Waals surface area contributed by atoms with Crippen LogP contribution in [0.25, 0.3) is 5.53 Å². The van der Waals surface area contributed by atoms with Crippen LogP contribution in [0.2, 0.25) is 0 Å². The third kappa shape index (κ3) is 4.26. The summed E-state index contributed by atoms with van der Waals surface area (Å²) >= 11 is 0. The van der Waals surface area contributed by atoms with E-state index in [4.69, 9.17) is 5.53 Å². The van der Waals surface area contributed by atoms with Crippen molar-refractivity contribution in [1.82, 2.24) is 0 Å². The van der Waals surface area contributed by atoms with Crippen molar-refractivity contribution in [3.63, 3.8) is 0 Å². The summed E-state index contributed by atoms with van der Waals surface area (Å²) in [6.45, 7) is 1.85. The Balaban J connectivity index is 2.58. The molecule has 0 spiro atoms. The van der Waals surface area contributed by atoms with Crippen LogP contribution in [0.5, 0.6) is 0 Å². The van der Waals surface area contributed by atoms with E-state index >= 15 is 0 Å². The van der Waals surface area contributed by atoms with Crippen LogP contribution in [0.3, 0.4) is 0 Å². The van der Waals surface area contributed by atoms with Crippen molar-refractivity contribution >= 4 is 17.5 Å². The van der Waals surface area contributed by atoms with Gasteiger partial charge in [-0.05, 0) is 25.8 Å². The van der Waals surface area contributed by atoms with Crippen molar-refractivity contribution in [3.05, 3.63) is 17.7 Å². The lowest BCUT2D eigenvalue weighted by Crippen LogP contribution is -2.19. The van der Waals surface area contributed by atoms with E-state index in [1.165, 1.54) is 18.6 Å². The highest BCUT2D eigenvalue weighted by atomic mass is 16.5. The van der Waals surface area contributed by atoms with Gasteiger partial charge in [-0.2, -0.15) is 4.79 Å². The summed E-state index contributed by atoms with van der Waals surface area (Å²) in [7, 11) is 0. The molecule has 18 heavy (non-hydrogen) atoms. The Hall–Kier alpha value is -1.74. The lowest BCUT2D eigenvalue weighted by atomic mass is 9.86. The highest BCUT2D eigenvalue weighted by Gasteiger charge is 2.22. The second-order valence-electron chi connectivity index (χ2n) is 4.28. The molecule has 1 aliphatic carbocycles. The van der Waals surface area contributed by atoms with Crippen molar-refractivity contribution in [2.75, 3.05) is 6.61 Å². The van der Waals surface area contributed by atoms with E-state index < -0.39 is 5.97 Å². The highest BCUT2D eigenvalue weighted by Crippen LogP contribution is 2.24. The molecule has 0 atom stereocenters. The number of rotatable bonds is 5. The first-order chi connectivity index (χ1) is 8.69. The molecule has 0 aromatic carbocycles. The van der Waals surface area contributed by atoms with Gasteiger partial charge in [0.2, 0.25) is 0 Å². The van der Waals surface area contributed by atoms with E-state index in [2.05, 4.69) is 9.53 Å². The Labute approximate surface area is 106 Å². The molecule has 0 saturated heterocycles. The maximum absolute atomic E-state index is 11.8. The van der Waals surface area contributed by atoms with Gasteiger partial charge in [-0.1, -0.05) is 19.3 Å². The molecule has 0 aromatic heterocycles. The second kappa shape index (κ2) is 7.56. The Morgan fingerprint density at radius 3 is 2.50 bits per heavy atom. The van der Waals surface area contributed by atoms with Gasteiger partial charge in [0.25, 0.3) is 0 Å². The minimum Gasteiger partial charge on any atom is -0.457 e. The molecule has 1 aliphatic rings. The predicted octanol–water partition coefficient (Wildman–Crippen LogP) is 1.93. The maximum atomic E-state index is 11.8. The summed E-state index contributed by atoms with van der Waals surface area (Å²) in [6, 6.07) is 0. The van der Waals surface area contributed by atoms with E-state index in [9.17, 15) is 9.59 Å². The summed E-state index contributed by atoms with van der Waals surface area (Å²) in [4.78, 5) is 25.9. The number of ether oxygens (including phenoxy) is 1. The third-order valence-electron chi connectivity index (χ3n) is 3.01. The molecule has 0 amide bonds. The molecule has 1 fully saturated rings. The normalized spacial score (nSPS) is 16.3. The minimum atomic E-state index is -0.729. The van der Waals surface area contributed by atoms with Crippen LogP contribution in [0.4, 0.5) is 0 Å². The summed E-state index contributed by atoms with van der Waals surface area (Å²) in [5.74, 6) is -0.704.